The highest BCUT2D eigenvalue weighted by molar-refractivity contribution is 5.88. The van der Waals surface area contributed by atoms with Crippen LogP contribution in [0.5, 0.6) is 0 Å². The highest BCUT2D eigenvalue weighted by atomic mass is 19.3. The van der Waals surface area contributed by atoms with Crippen LogP contribution in [0.2, 0.25) is 0 Å². The maximum atomic E-state index is 13.2. The normalized spacial score (nSPS) is 12.2. The molecule has 0 saturated heterocycles. The van der Waals surface area contributed by atoms with Gasteiger partial charge in [-0.25, -0.2) is 22.4 Å². The average molecular weight is 328 g/mol. The Balaban J connectivity index is 4.13. The number of rotatable bonds is 9. The van der Waals surface area contributed by atoms with Gasteiger partial charge >= 0.3 is 11.9 Å². The van der Waals surface area contributed by atoms with Crippen LogP contribution in [-0.2, 0) is 19.1 Å². The monoisotopic (exact) mass is 328 g/mol. The smallest absolute Gasteiger partial charge is 0.336 e. The van der Waals surface area contributed by atoms with Gasteiger partial charge in [-0.15, -0.1) is 0 Å². The van der Waals surface area contributed by atoms with E-state index in [0.29, 0.717) is 6.92 Å². The molecule has 0 aliphatic heterocycles. The minimum absolute atomic E-state index is 0.224. The van der Waals surface area contributed by atoms with E-state index in [1.807, 2.05) is 0 Å². The Labute approximate surface area is 126 Å². The van der Waals surface area contributed by atoms with Gasteiger partial charge in [-0.2, -0.15) is 0 Å². The van der Waals surface area contributed by atoms with Gasteiger partial charge in [0.15, 0.2) is 0 Å². The number of halogens is 4. The Bertz CT molecular complexity index is 414. The summed E-state index contributed by atoms with van der Waals surface area (Å²) >= 11 is 0. The van der Waals surface area contributed by atoms with Crippen molar-refractivity contribution in [2.24, 2.45) is 5.92 Å². The third-order valence-electron chi connectivity index (χ3n) is 2.42. The van der Waals surface area contributed by atoms with Crippen molar-refractivity contribution in [1.29, 1.82) is 0 Å². The molecule has 4 nitrogen and oxygen atoms in total. The van der Waals surface area contributed by atoms with Crippen molar-refractivity contribution in [2.75, 3.05) is 13.2 Å². The quantitative estimate of drug-likeness (QED) is 0.370. The van der Waals surface area contributed by atoms with Crippen molar-refractivity contribution >= 4 is 11.9 Å². The molecular formula is C14H20F4O4. The van der Waals surface area contributed by atoms with Crippen molar-refractivity contribution in [3.05, 3.63) is 12.2 Å². The second-order valence-corrected chi connectivity index (χ2v) is 5.35. The van der Waals surface area contributed by atoms with Gasteiger partial charge in [0, 0.05) is 6.42 Å². The van der Waals surface area contributed by atoms with Crippen LogP contribution < -0.4 is 0 Å². The van der Waals surface area contributed by atoms with Gasteiger partial charge < -0.3 is 9.47 Å². The van der Waals surface area contributed by atoms with E-state index < -0.39 is 55.8 Å². The Morgan fingerprint density at radius 3 is 2.14 bits per heavy atom. The highest BCUT2D eigenvalue weighted by Gasteiger charge is 2.39. The van der Waals surface area contributed by atoms with E-state index in [-0.39, 0.29) is 5.57 Å². The number of carbonyl (C=O) groups is 2. The van der Waals surface area contributed by atoms with E-state index in [1.165, 1.54) is 0 Å². The van der Waals surface area contributed by atoms with Crippen LogP contribution in [-0.4, -0.2) is 37.0 Å². The third-order valence-corrected chi connectivity index (χ3v) is 2.42. The molecule has 0 spiro atoms. The molecule has 128 valence electrons. The molecule has 0 fully saturated rings. The van der Waals surface area contributed by atoms with E-state index in [9.17, 15) is 27.2 Å². The lowest BCUT2D eigenvalue weighted by atomic mass is 10.1. The highest BCUT2D eigenvalue weighted by Crippen LogP contribution is 2.32. The summed E-state index contributed by atoms with van der Waals surface area (Å²) in [7, 11) is 0. The largest absolute Gasteiger partial charge is 0.462 e. The fourth-order valence-corrected chi connectivity index (χ4v) is 1.32. The zero-order valence-corrected chi connectivity index (χ0v) is 12.8. The average Bonchev–Trinajstić information content (AvgIpc) is 2.31. The van der Waals surface area contributed by atoms with Crippen LogP contribution in [0.3, 0.4) is 0 Å². The molecule has 0 radical (unpaired) electrons. The molecule has 22 heavy (non-hydrogen) atoms. The van der Waals surface area contributed by atoms with Crippen LogP contribution in [0.15, 0.2) is 12.2 Å². The standard InChI is InChI=1S/C14H20F4O4/c1-9(2)11(19)22-7-10(3)12(20)21-6-5-14(17,18)8-13(4,15)16/h9H,3,5-8H2,1-2,4H3. The molecule has 8 heteroatoms. The van der Waals surface area contributed by atoms with Crippen molar-refractivity contribution in [3.8, 4) is 0 Å². The molecule has 0 bridgehead atoms. The van der Waals surface area contributed by atoms with Crippen molar-refractivity contribution < 1.29 is 36.6 Å². The fourth-order valence-electron chi connectivity index (χ4n) is 1.32. The maximum Gasteiger partial charge on any atom is 0.336 e. The molecule has 0 unspecified atom stereocenters. The van der Waals surface area contributed by atoms with Crippen LogP contribution in [0, 0.1) is 5.92 Å². The molecule has 0 rings (SSSR count). The Kier molecular flexibility index (Phi) is 7.55. The van der Waals surface area contributed by atoms with Gasteiger partial charge in [-0.3, -0.25) is 4.79 Å². The van der Waals surface area contributed by atoms with Gasteiger partial charge in [0.25, 0.3) is 11.8 Å². The van der Waals surface area contributed by atoms with Crippen molar-refractivity contribution in [1.82, 2.24) is 0 Å². The zero-order chi connectivity index (χ0) is 17.6. The summed E-state index contributed by atoms with van der Waals surface area (Å²) in [4.78, 5) is 22.6. The predicted molar refractivity (Wildman–Crippen MR) is 70.7 cm³/mol. The van der Waals surface area contributed by atoms with Crippen LogP contribution in [0.25, 0.3) is 0 Å². The second kappa shape index (κ2) is 8.14. The van der Waals surface area contributed by atoms with Gasteiger partial charge in [-0.1, -0.05) is 20.4 Å². The van der Waals surface area contributed by atoms with Gasteiger partial charge in [-0.05, 0) is 6.92 Å². The summed E-state index contributed by atoms with van der Waals surface area (Å²) in [6.45, 7) is 5.72. The second-order valence-electron chi connectivity index (χ2n) is 5.35. The number of hydrogen-bond donors (Lipinski definition) is 0. The molecule has 0 aromatic heterocycles. The van der Waals surface area contributed by atoms with E-state index >= 15 is 0 Å². The minimum Gasteiger partial charge on any atom is -0.462 e. The van der Waals surface area contributed by atoms with Gasteiger partial charge in [0.2, 0.25) is 0 Å². The first kappa shape index (κ1) is 20.4. The molecule has 0 heterocycles. The van der Waals surface area contributed by atoms with Crippen LogP contribution >= 0.6 is 0 Å². The Morgan fingerprint density at radius 2 is 1.68 bits per heavy atom. The van der Waals surface area contributed by atoms with E-state index in [2.05, 4.69) is 11.3 Å². The zero-order valence-electron chi connectivity index (χ0n) is 12.8. The minimum atomic E-state index is -3.65. The van der Waals surface area contributed by atoms with E-state index in [0.717, 1.165) is 0 Å². The molecule has 0 aromatic rings. The first-order chi connectivity index (χ1) is 9.84. The van der Waals surface area contributed by atoms with E-state index in [4.69, 9.17) is 4.74 Å². The molecular weight excluding hydrogens is 308 g/mol. The Morgan fingerprint density at radius 1 is 1.14 bits per heavy atom. The van der Waals surface area contributed by atoms with Crippen LogP contribution in [0.1, 0.15) is 33.6 Å². The topological polar surface area (TPSA) is 52.6 Å². The number of esters is 2. The summed E-state index contributed by atoms with van der Waals surface area (Å²) < 4.78 is 60.6. The summed E-state index contributed by atoms with van der Waals surface area (Å²) in [5.74, 6) is -9.12. The fraction of sp³-hybridized carbons (Fsp3) is 0.714. The van der Waals surface area contributed by atoms with Gasteiger partial charge in [0.05, 0.1) is 24.5 Å². The van der Waals surface area contributed by atoms with Crippen molar-refractivity contribution in [2.45, 2.75) is 45.5 Å². The van der Waals surface area contributed by atoms with Gasteiger partial charge in [0.1, 0.15) is 6.61 Å². The maximum absolute atomic E-state index is 13.2. The summed E-state index contributed by atoms with van der Waals surface area (Å²) in [5.41, 5.74) is -0.224. The number of hydrogen-bond acceptors (Lipinski definition) is 4. The lowest BCUT2D eigenvalue weighted by molar-refractivity contribution is -0.148. The molecule has 0 aliphatic rings. The summed E-state index contributed by atoms with van der Waals surface area (Å²) in [6.07, 6.45) is -2.65. The molecule has 0 aliphatic carbocycles. The number of alkyl halides is 4. The first-order valence-electron chi connectivity index (χ1n) is 6.61. The molecule has 0 aromatic carbocycles. The molecule has 0 atom stereocenters. The number of ether oxygens (including phenoxy) is 2. The van der Waals surface area contributed by atoms with E-state index in [1.54, 1.807) is 13.8 Å². The molecule has 0 N–H and O–H groups in total. The lowest BCUT2D eigenvalue weighted by Gasteiger charge is -2.20. The first-order valence-corrected chi connectivity index (χ1v) is 6.61. The predicted octanol–water partition coefficient (Wildman–Crippen LogP) is 3.36. The molecule has 0 saturated carbocycles. The third kappa shape index (κ3) is 9.36. The summed E-state index contributed by atoms with van der Waals surface area (Å²) in [6, 6.07) is 0. The van der Waals surface area contributed by atoms with Crippen LogP contribution in [0.4, 0.5) is 17.6 Å². The summed E-state index contributed by atoms with van der Waals surface area (Å²) in [5, 5.41) is 0. The lowest BCUT2D eigenvalue weighted by Crippen LogP contribution is -2.28. The number of carbonyl (C=O) groups excluding carboxylic acids is 2. The molecule has 0 amide bonds. The van der Waals surface area contributed by atoms with Crippen molar-refractivity contribution in [3.63, 3.8) is 0 Å². The SMILES string of the molecule is C=C(COC(=O)C(C)C)C(=O)OCCC(F)(F)CC(C)(F)F. The Hall–Kier alpha value is -1.60.